The van der Waals surface area contributed by atoms with Gasteiger partial charge < -0.3 is 15.4 Å². The van der Waals surface area contributed by atoms with Crippen LogP contribution in [-0.4, -0.2) is 37.2 Å². The van der Waals surface area contributed by atoms with Crippen LogP contribution < -0.4 is 10.6 Å². The summed E-state index contributed by atoms with van der Waals surface area (Å²) in [4.78, 5) is 11.8. The van der Waals surface area contributed by atoms with Crippen molar-refractivity contribution in [2.75, 3.05) is 13.2 Å². The molecule has 1 heterocycles. The molecule has 1 amide bonds. The van der Waals surface area contributed by atoms with Crippen LogP contribution >= 0.6 is 0 Å². The topological polar surface area (TPSA) is 50.4 Å². The Kier molecular flexibility index (Phi) is 5.01. The van der Waals surface area contributed by atoms with Gasteiger partial charge in [-0.3, -0.25) is 4.79 Å². The Bertz CT molecular complexity index is 277. The van der Waals surface area contributed by atoms with Gasteiger partial charge in [-0.15, -0.1) is 0 Å². The number of rotatable bonds is 7. The third-order valence-corrected chi connectivity index (χ3v) is 3.70. The van der Waals surface area contributed by atoms with Crippen LogP contribution in [0.3, 0.4) is 0 Å². The fraction of sp³-hybridized carbons (Fsp3) is 0.929. The van der Waals surface area contributed by atoms with Gasteiger partial charge >= 0.3 is 0 Å². The van der Waals surface area contributed by atoms with E-state index in [0.717, 1.165) is 26.0 Å². The van der Waals surface area contributed by atoms with Gasteiger partial charge in [-0.05, 0) is 38.1 Å². The number of nitrogens with one attached hydrogen (secondary N) is 2. The lowest BCUT2D eigenvalue weighted by Crippen LogP contribution is -2.41. The molecule has 0 aromatic rings. The van der Waals surface area contributed by atoms with E-state index in [1.54, 1.807) is 0 Å². The molecule has 2 rings (SSSR count). The number of ether oxygens (including phenoxy) is 1. The maximum Gasteiger partial charge on any atom is 0.220 e. The lowest BCUT2D eigenvalue weighted by molar-refractivity contribution is -0.122. The van der Waals surface area contributed by atoms with Crippen LogP contribution in [0.15, 0.2) is 0 Å². The fourth-order valence-electron chi connectivity index (χ4n) is 2.57. The third kappa shape index (κ3) is 4.25. The summed E-state index contributed by atoms with van der Waals surface area (Å²) >= 11 is 0. The Morgan fingerprint density at radius 1 is 1.33 bits per heavy atom. The van der Waals surface area contributed by atoms with Crippen LogP contribution in [0.1, 0.15) is 46.0 Å². The van der Waals surface area contributed by atoms with Gasteiger partial charge in [0.25, 0.3) is 0 Å². The van der Waals surface area contributed by atoms with E-state index in [4.69, 9.17) is 4.74 Å². The van der Waals surface area contributed by atoms with Crippen LogP contribution in [-0.2, 0) is 9.53 Å². The first-order valence-electron chi connectivity index (χ1n) is 7.31. The smallest absolute Gasteiger partial charge is 0.220 e. The third-order valence-electron chi connectivity index (χ3n) is 3.70. The van der Waals surface area contributed by atoms with Crippen LogP contribution in [0.5, 0.6) is 0 Å². The molecular formula is C14H26N2O2. The van der Waals surface area contributed by atoms with E-state index in [-0.39, 0.29) is 11.9 Å². The van der Waals surface area contributed by atoms with Gasteiger partial charge in [0, 0.05) is 19.1 Å². The number of hydrogen-bond donors (Lipinski definition) is 2. The quantitative estimate of drug-likeness (QED) is 0.676. The maximum atomic E-state index is 11.8. The minimum Gasteiger partial charge on any atom is -0.376 e. The first-order valence-corrected chi connectivity index (χ1v) is 7.31. The molecule has 1 saturated heterocycles. The van der Waals surface area contributed by atoms with Crippen molar-refractivity contribution < 1.29 is 9.53 Å². The van der Waals surface area contributed by atoms with E-state index in [9.17, 15) is 4.79 Å². The van der Waals surface area contributed by atoms with Crippen molar-refractivity contribution in [3.63, 3.8) is 0 Å². The number of carbonyl (C=O) groups excluding carboxylic acids is 1. The molecular weight excluding hydrogens is 228 g/mol. The Labute approximate surface area is 110 Å². The van der Waals surface area contributed by atoms with Gasteiger partial charge in [0.05, 0.1) is 12.1 Å². The molecule has 0 aromatic heterocycles. The molecule has 0 bridgehead atoms. The van der Waals surface area contributed by atoms with Crippen molar-refractivity contribution >= 4 is 5.91 Å². The van der Waals surface area contributed by atoms with Gasteiger partial charge in [0.2, 0.25) is 5.91 Å². The summed E-state index contributed by atoms with van der Waals surface area (Å²) < 4.78 is 5.72. The summed E-state index contributed by atoms with van der Waals surface area (Å²) in [6, 6.07) is 0.763. The molecule has 2 atom stereocenters. The molecule has 4 heteroatoms. The monoisotopic (exact) mass is 254 g/mol. The highest BCUT2D eigenvalue weighted by Crippen LogP contribution is 2.38. The minimum absolute atomic E-state index is 0.182. The van der Waals surface area contributed by atoms with Crippen LogP contribution in [0.25, 0.3) is 0 Å². The van der Waals surface area contributed by atoms with Gasteiger partial charge in [0.15, 0.2) is 0 Å². The second-order valence-electron chi connectivity index (χ2n) is 5.85. The van der Waals surface area contributed by atoms with Gasteiger partial charge in [-0.25, -0.2) is 0 Å². The Balaban J connectivity index is 1.61. The van der Waals surface area contributed by atoms with Crippen molar-refractivity contribution in [2.24, 2.45) is 5.92 Å². The summed E-state index contributed by atoms with van der Waals surface area (Å²) in [5.41, 5.74) is 0. The van der Waals surface area contributed by atoms with Crippen LogP contribution in [0.4, 0.5) is 0 Å². The summed E-state index contributed by atoms with van der Waals surface area (Å²) in [6.07, 6.45) is 5.35. The highest BCUT2D eigenvalue weighted by atomic mass is 16.5. The van der Waals surface area contributed by atoms with Crippen molar-refractivity contribution in [3.05, 3.63) is 0 Å². The molecule has 0 aromatic carbocycles. The average Bonchev–Trinajstić information content (AvgIpc) is 3.06. The van der Waals surface area contributed by atoms with E-state index in [0.29, 0.717) is 24.5 Å². The Hall–Kier alpha value is -0.610. The SMILES string of the molecule is CC(C)NCCCC(=O)NC1CCOC1C1CC1. The van der Waals surface area contributed by atoms with E-state index < -0.39 is 0 Å². The predicted octanol–water partition coefficient (Wildman–Crippen LogP) is 1.45. The Morgan fingerprint density at radius 2 is 2.11 bits per heavy atom. The van der Waals surface area contributed by atoms with Crippen molar-refractivity contribution in [1.29, 1.82) is 0 Å². The molecule has 2 unspecified atom stereocenters. The largest absolute Gasteiger partial charge is 0.376 e. The molecule has 1 aliphatic heterocycles. The average molecular weight is 254 g/mol. The highest BCUT2D eigenvalue weighted by Gasteiger charge is 2.41. The molecule has 18 heavy (non-hydrogen) atoms. The second kappa shape index (κ2) is 6.53. The highest BCUT2D eigenvalue weighted by molar-refractivity contribution is 5.76. The van der Waals surface area contributed by atoms with E-state index in [1.807, 2.05) is 0 Å². The predicted molar refractivity (Wildman–Crippen MR) is 71.4 cm³/mol. The first-order chi connectivity index (χ1) is 8.66. The zero-order chi connectivity index (χ0) is 13.0. The maximum absolute atomic E-state index is 11.8. The van der Waals surface area contributed by atoms with Gasteiger partial charge in [-0.1, -0.05) is 13.8 Å². The summed E-state index contributed by atoms with van der Waals surface area (Å²) in [7, 11) is 0. The lowest BCUT2D eigenvalue weighted by Gasteiger charge is -2.19. The number of carbonyl (C=O) groups is 1. The van der Waals surface area contributed by atoms with E-state index in [1.165, 1.54) is 12.8 Å². The zero-order valence-corrected chi connectivity index (χ0v) is 11.6. The molecule has 1 aliphatic carbocycles. The van der Waals surface area contributed by atoms with E-state index >= 15 is 0 Å². The molecule has 2 aliphatic rings. The zero-order valence-electron chi connectivity index (χ0n) is 11.6. The van der Waals surface area contributed by atoms with Gasteiger partial charge in [-0.2, -0.15) is 0 Å². The summed E-state index contributed by atoms with van der Waals surface area (Å²) in [6.45, 7) is 5.96. The molecule has 4 nitrogen and oxygen atoms in total. The van der Waals surface area contributed by atoms with Crippen LogP contribution in [0.2, 0.25) is 0 Å². The van der Waals surface area contributed by atoms with Crippen LogP contribution in [0, 0.1) is 5.92 Å². The standard InChI is InChI=1S/C14H26N2O2/c1-10(2)15-8-3-4-13(17)16-12-7-9-18-14(12)11-5-6-11/h10-12,14-15H,3-9H2,1-2H3,(H,16,17). The normalized spacial score (nSPS) is 27.7. The number of hydrogen-bond acceptors (Lipinski definition) is 3. The molecule has 1 saturated carbocycles. The Morgan fingerprint density at radius 3 is 2.78 bits per heavy atom. The second-order valence-corrected chi connectivity index (χ2v) is 5.85. The van der Waals surface area contributed by atoms with Crippen molar-refractivity contribution in [2.45, 2.75) is 64.1 Å². The summed E-state index contributed by atoms with van der Waals surface area (Å²) in [5, 5.41) is 6.47. The fourth-order valence-corrected chi connectivity index (χ4v) is 2.57. The van der Waals surface area contributed by atoms with Crippen molar-refractivity contribution in [3.8, 4) is 0 Å². The molecule has 2 N–H and O–H groups in total. The number of amides is 1. The van der Waals surface area contributed by atoms with E-state index in [2.05, 4.69) is 24.5 Å². The minimum atomic E-state index is 0.182. The summed E-state index contributed by atoms with van der Waals surface area (Å²) in [5.74, 6) is 0.891. The van der Waals surface area contributed by atoms with Gasteiger partial charge in [0.1, 0.15) is 0 Å². The molecule has 104 valence electrons. The molecule has 0 spiro atoms. The lowest BCUT2D eigenvalue weighted by atomic mass is 10.1. The van der Waals surface area contributed by atoms with Crippen molar-refractivity contribution in [1.82, 2.24) is 10.6 Å². The molecule has 2 fully saturated rings. The first kappa shape index (κ1) is 13.8. The molecule has 0 radical (unpaired) electrons.